The van der Waals surface area contributed by atoms with Gasteiger partial charge in [-0.05, 0) is 23.9 Å². The Hall–Kier alpha value is -2.74. The Morgan fingerprint density at radius 3 is 2.68 bits per heavy atom. The van der Waals surface area contributed by atoms with Crippen molar-refractivity contribution in [2.24, 2.45) is 0 Å². The summed E-state index contributed by atoms with van der Waals surface area (Å²) in [5.41, 5.74) is 0.913. The van der Waals surface area contributed by atoms with Crippen molar-refractivity contribution in [3.8, 4) is 0 Å². The predicted molar refractivity (Wildman–Crippen MR) is 81.4 cm³/mol. The summed E-state index contributed by atoms with van der Waals surface area (Å²) in [4.78, 5) is 34.4. The zero-order valence-electron chi connectivity index (χ0n) is 11.8. The summed E-state index contributed by atoms with van der Waals surface area (Å²) in [6.07, 6.45) is 0. The highest BCUT2D eigenvalue weighted by atomic mass is 32.1. The van der Waals surface area contributed by atoms with Crippen molar-refractivity contribution in [3.05, 3.63) is 55.8 Å². The molecular formula is C14H12N2O5S. The summed E-state index contributed by atoms with van der Waals surface area (Å²) in [6.45, 7) is 1.67. The van der Waals surface area contributed by atoms with Crippen molar-refractivity contribution in [1.29, 1.82) is 0 Å². The van der Waals surface area contributed by atoms with Crippen molar-refractivity contribution in [2.45, 2.75) is 6.92 Å². The number of nitro benzene ring substituents is 1. The topological polar surface area (TPSA) is 98.5 Å². The molecular weight excluding hydrogens is 308 g/mol. The predicted octanol–water partition coefficient (Wildman–Crippen LogP) is 3.00. The van der Waals surface area contributed by atoms with Crippen LogP contribution in [0.25, 0.3) is 0 Å². The van der Waals surface area contributed by atoms with Crippen LogP contribution in [0.3, 0.4) is 0 Å². The van der Waals surface area contributed by atoms with Gasteiger partial charge in [0.2, 0.25) is 0 Å². The normalized spacial score (nSPS) is 10.1. The molecule has 1 N–H and O–H groups in total. The number of nitrogens with zero attached hydrogens (tertiary/aromatic N) is 1. The Balaban J connectivity index is 2.30. The van der Waals surface area contributed by atoms with E-state index in [9.17, 15) is 19.7 Å². The van der Waals surface area contributed by atoms with E-state index < -0.39 is 16.8 Å². The van der Waals surface area contributed by atoms with Crippen molar-refractivity contribution >= 4 is 34.6 Å². The summed E-state index contributed by atoms with van der Waals surface area (Å²) < 4.78 is 4.63. The van der Waals surface area contributed by atoms with Gasteiger partial charge in [0.25, 0.3) is 11.6 Å². The lowest BCUT2D eigenvalue weighted by molar-refractivity contribution is -0.384. The van der Waals surface area contributed by atoms with Crippen LogP contribution in [0.5, 0.6) is 0 Å². The van der Waals surface area contributed by atoms with E-state index in [1.54, 1.807) is 18.4 Å². The van der Waals surface area contributed by atoms with E-state index >= 15 is 0 Å². The number of nitrogens with one attached hydrogen (secondary N) is 1. The van der Waals surface area contributed by atoms with Crippen molar-refractivity contribution in [2.75, 3.05) is 12.4 Å². The lowest BCUT2D eigenvalue weighted by Gasteiger charge is -2.08. The van der Waals surface area contributed by atoms with Crippen molar-refractivity contribution < 1.29 is 19.2 Å². The van der Waals surface area contributed by atoms with Crippen LogP contribution < -0.4 is 5.32 Å². The molecule has 0 saturated carbocycles. The molecule has 7 nitrogen and oxygen atoms in total. The minimum atomic E-state index is -0.569. The summed E-state index contributed by atoms with van der Waals surface area (Å²) in [7, 11) is 1.25. The maximum atomic E-state index is 12.3. The molecule has 0 spiro atoms. The third-order valence-electron chi connectivity index (χ3n) is 2.96. The molecule has 2 aromatic rings. The maximum absolute atomic E-state index is 12.3. The van der Waals surface area contributed by atoms with Crippen LogP contribution in [-0.4, -0.2) is 23.9 Å². The van der Waals surface area contributed by atoms with Gasteiger partial charge in [-0.2, -0.15) is 0 Å². The van der Waals surface area contributed by atoms with E-state index in [1.807, 2.05) is 0 Å². The van der Waals surface area contributed by atoms with E-state index in [0.29, 0.717) is 11.3 Å². The Morgan fingerprint density at radius 1 is 1.32 bits per heavy atom. The van der Waals surface area contributed by atoms with Crippen LogP contribution in [0.4, 0.5) is 11.4 Å². The molecule has 1 amide bonds. The van der Waals surface area contributed by atoms with E-state index in [0.717, 1.165) is 11.3 Å². The van der Waals surface area contributed by atoms with Crippen LogP contribution in [-0.2, 0) is 4.74 Å². The minimum Gasteiger partial charge on any atom is -0.465 e. The molecule has 0 radical (unpaired) electrons. The zero-order valence-corrected chi connectivity index (χ0v) is 12.6. The Bertz CT molecular complexity index is 753. The monoisotopic (exact) mass is 320 g/mol. The van der Waals surface area contributed by atoms with Crippen LogP contribution in [0.15, 0.2) is 29.6 Å². The summed E-state index contributed by atoms with van der Waals surface area (Å²) >= 11 is 1.13. The number of nitro groups is 1. The van der Waals surface area contributed by atoms with Crippen LogP contribution in [0, 0.1) is 17.0 Å². The third-order valence-corrected chi connectivity index (χ3v) is 3.86. The number of ether oxygens (including phenoxy) is 1. The Morgan fingerprint density at radius 2 is 2.05 bits per heavy atom. The molecule has 1 aromatic carbocycles. The van der Waals surface area contributed by atoms with Gasteiger partial charge >= 0.3 is 5.97 Å². The summed E-state index contributed by atoms with van der Waals surface area (Å²) in [5.74, 6) is -1.08. The van der Waals surface area contributed by atoms with E-state index in [1.165, 1.54) is 25.3 Å². The number of carbonyl (C=O) groups is 2. The number of hydrogen-bond donors (Lipinski definition) is 1. The number of amides is 1. The van der Waals surface area contributed by atoms with Gasteiger partial charge in [-0.1, -0.05) is 6.07 Å². The average Bonchev–Trinajstić information content (AvgIpc) is 2.94. The molecule has 0 aliphatic heterocycles. The number of non-ortho nitro benzene ring substituents is 1. The molecule has 8 heteroatoms. The summed E-state index contributed by atoms with van der Waals surface area (Å²) in [6, 6.07) is 5.61. The molecule has 22 heavy (non-hydrogen) atoms. The number of carbonyl (C=O) groups excluding carboxylic acids is 2. The van der Waals surface area contributed by atoms with E-state index in [-0.39, 0.29) is 16.1 Å². The number of thiophene rings is 1. The second-order valence-electron chi connectivity index (χ2n) is 4.37. The highest BCUT2D eigenvalue weighted by Crippen LogP contribution is 2.25. The third kappa shape index (κ3) is 3.12. The Kier molecular flexibility index (Phi) is 4.52. The number of rotatable bonds is 4. The van der Waals surface area contributed by atoms with Gasteiger partial charge in [-0.15, -0.1) is 11.3 Å². The average molecular weight is 320 g/mol. The number of anilines is 1. The fraction of sp³-hybridized carbons (Fsp3) is 0.143. The number of aryl methyl sites for hydroxylation is 1. The molecule has 1 aromatic heterocycles. The van der Waals surface area contributed by atoms with Crippen LogP contribution in [0.2, 0.25) is 0 Å². The number of esters is 1. The number of methoxy groups -OCH3 is 1. The molecule has 114 valence electrons. The highest BCUT2D eigenvalue weighted by molar-refractivity contribution is 7.12. The lowest BCUT2D eigenvalue weighted by Crippen LogP contribution is -2.15. The fourth-order valence-corrected chi connectivity index (χ4v) is 2.58. The van der Waals surface area contributed by atoms with Gasteiger partial charge in [0, 0.05) is 17.7 Å². The van der Waals surface area contributed by atoms with E-state index in [4.69, 9.17) is 0 Å². The maximum Gasteiger partial charge on any atom is 0.350 e. The van der Waals surface area contributed by atoms with Gasteiger partial charge in [-0.25, -0.2) is 4.79 Å². The van der Waals surface area contributed by atoms with Crippen molar-refractivity contribution in [3.63, 3.8) is 0 Å². The molecule has 1 heterocycles. The zero-order chi connectivity index (χ0) is 16.3. The van der Waals surface area contributed by atoms with Crippen LogP contribution >= 0.6 is 11.3 Å². The number of benzene rings is 1. The molecule has 0 atom stereocenters. The number of hydrogen-bond acceptors (Lipinski definition) is 6. The molecule has 0 aliphatic rings. The van der Waals surface area contributed by atoms with Crippen molar-refractivity contribution in [1.82, 2.24) is 0 Å². The summed E-state index contributed by atoms with van der Waals surface area (Å²) in [5, 5.41) is 15.0. The van der Waals surface area contributed by atoms with Crippen LogP contribution in [0.1, 0.15) is 25.6 Å². The van der Waals surface area contributed by atoms with Gasteiger partial charge < -0.3 is 10.1 Å². The first-order chi connectivity index (χ1) is 10.4. The SMILES string of the molecule is COC(=O)c1sccc1NC(=O)c1cc([N+](=O)[O-])ccc1C. The Labute approximate surface area is 129 Å². The first-order valence-electron chi connectivity index (χ1n) is 6.16. The highest BCUT2D eigenvalue weighted by Gasteiger charge is 2.19. The molecule has 0 bridgehead atoms. The van der Waals surface area contributed by atoms with E-state index in [2.05, 4.69) is 10.1 Å². The molecule has 0 aliphatic carbocycles. The quantitative estimate of drug-likeness (QED) is 0.530. The second-order valence-corrected chi connectivity index (χ2v) is 5.28. The molecule has 0 unspecified atom stereocenters. The molecule has 0 saturated heterocycles. The van der Waals surface area contributed by atoms with Gasteiger partial charge in [0.05, 0.1) is 17.7 Å². The largest absolute Gasteiger partial charge is 0.465 e. The van der Waals surface area contributed by atoms with Gasteiger partial charge in [-0.3, -0.25) is 14.9 Å². The first kappa shape index (κ1) is 15.6. The van der Waals surface area contributed by atoms with Gasteiger partial charge in [0.1, 0.15) is 4.88 Å². The second kappa shape index (κ2) is 6.35. The fourth-order valence-electron chi connectivity index (χ4n) is 1.82. The minimum absolute atomic E-state index is 0.172. The van der Waals surface area contributed by atoms with Gasteiger partial charge in [0.15, 0.2) is 0 Å². The molecule has 2 rings (SSSR count). The smallest absolute Gasteiger partial charge is 0.350 e. The molecule has 0 fully saturated rings. The first-order valence-corrected chi connectivity index (χ1v) is 7.04. The lowest BCUT2D eigenvalue weighted by atomic mass is 10.1. The standard InChI is InChI=1S/C14H12N2O5S/c1-8-3-4-9(16(19)20)7-10(8)13(17)15-11-5-6-22-12(11)14(18)21-2/h3-7H,1-2H3,(H,15,17).